The van der Waals surface area contributed by atoms with E-state index in [2.05, 4.69) is 26.1 Å². The number of nitrogens with one attached hydrogen (secondary N) is 3. The number of benzene rings is 1. The summed E-state index contributed by atoms with van der Waals surface area (Å²) in [6.45, 7) is 3.23. The minimum Gasteiger partial charge on any atom is -0.357 e. The Bertz CT molecular complexity index is 774. The zero-order valence-corrected chi connectivity index (χ0v) is 15.9. The van der Waals surface area contributed by atoms with Gasteiger partial charge in [0.2, 0.25) is 5.91 Å². The number of aromatic nitrogens is 1. The van der Waals surface area contributed by atoms with Gasteiger partial charge in [-0.1, -0.05) is 29.8 Å². The molecular weight excluding hydrogens is 362 g/mol. The maximum Gasteiger partial charge on any atom is 0.226 e. The van der Waals surface area contributed by atoms with Crippen molar-refractivity contribution in [2.45, 2.75) is 25.4 Å². The van der Waals surface area contributed by atoms with E-state index in [1.807, 2.05) is 42.6 Å². The van der Waals surface area contributed by atoms with Crippen LogP contribution in [0.15, 0.2) is 42.6 Å². The summed E-state index contributed by atoms with van der Waals surface area (Å²) in [5.74, 6) is 0.869. The summed E-state index contributed by atoms with van der Waals surface area (Å²) in [5.41, 5.74) is 8.33. The molecule has 0 aliphatic carbocycles. The Labute approximate surface area is 164 Å². The van der Waals surface area contributed by atoms with Gasteiger partial charge >= 0.3 is 0 Å². The lowest BCUT2D eigenvalue weighted by atomic mass is 9.94. The summed E-state index contributed by atoms with van der Waals surface area (Å²) < 4.78 is 0. The van der Waals surface area contributed by atoms with Gasteiger partial charge in [-0.3, -0.25) is 10.2 Å². The summed E-state index contributed by atoms with van der Waals surface area (Å²) in [7, 11) is 0. The van der Waals surface area contributed by atoms with Crippen molar-refractivity contribution in [3.63, 3.8) is 0 Å². The van der Waals surface area contributed by atoms with Crippen LogP contribution < -0.4 is 21.1 Å². The number of anilines is 1. The molecule has 4 rings (SSSR count). The Morgan fingerprint density at radius 2 is 1.96 bits per heavy atom. The minimum absolute atomic E-state index is 0.0241. The lowest BCUT2D eigenvalue weighted by Crippen LogP contribution is -2.34. The largest absolute Gasteiger partial charge is 0.357 e. The van der Waals surface area contributed by atoms with Gasteiger partial charge in [0.25, 0.3) is 0 Å². The van der Waals surface area contributed by atoms with Crippen LogP contribution in [0.5, 0.6) is 0 Å². The number of halogens is 1. The summed E-state index contributed by atoms with van der Waals surface area (Å²) in [6.07, 6.45) is 4.32. The summed E-state index contributed by atoms with van der Waals surface area (Å²) >= 11 is 5.96. The second-order valence-electron chi connectivity index (χ2n) is 7.10. The van der Waals surface area contributed by atoms with Crippen molar-refractivity contribution < 1.29 is 4.79 Å². The molecule has 0 saturated carbocycles. The zero-order valence-electron chi connectivity index (χ0n) is 15.1. The predicted molar refractivity (Wildman–Crippen MR) is 106 cm³/mol. The third-order valence-electron chi connectivity index (χ3n) is 5.25. The molecule has 0 radical (unpaired) electrons. The van der Waals surface area contributed by atoms with Crippen LogP contribution in [0, 0.1) is 5.92 Å². The van der Waals surface area contributed by atoms with Crippen molar-refractivity contribution in [1.29, 1.82) is 0 Å². The molecule has 3 N–H and O–H groups in total. The fraction of sp³-hybridized carbons (Fsp3) is 0.400. The van der Waals surface area contributed by atoms with Crippen molar-refractivity contribution >= 4 is 23.3 Å². The minimum atomic E-state index is -0.178. The molecule has 2 atom stereocenters. The van der Waals surface area contributed by atoms with E-state index in [0.29, 0.717) is 18.1 Å². The van der Waals surface area contributed by atoms with Gasteiger partial charge in [-0.25, -0.2) is 10.4 Å². The highest BCUT2D eigenvalue weighted by atomic mass is 35.5. The molecule has 1 aromatic heterocycles. The average Bonchev–Trinajstić information content (AvgIpc) is 3.39. The SMILES string of the molecule is O=C(NCc1ccc(N2CCCC2)nc1)C1CNNC1c1ccc(Cl)cc1. The Hall–Kier alpha value is -2.15. The molecule has 0 bridgehead atoms. The van der Waals surface area contributed by atoms with Crippen LogP contribution in [0.1, 0.15) is 30.0 Å². The lowest BCUT2D eigenvalue weighted by molar-refractivity contribution is -0.125. The van der Waals surface area contributed by atoms with E-state index in [0.717, 1.165) is 30.0 Å². The third-order valence-corrected chi connectivity index (χ3v) is 5.51. The monoisotopic (exact) mass is 385 g/mol. The molecule has 2 fully saturated rings. The van der Waals surface area contributed by atoms with Crippen LogP contribution in [0.3, 0.4) is 0 Å². The smallest absolute Gasteiger partial charge is 0.226 e. The van der Waals surface area contributed by atoms with Crippen LogP contribution in [0.25, 0.3) is 0 Å². The van der Waals surface area contributed by atoms with Gasteiger partial charge in [-0.15, -0.1) is 0 Å². The zero-order chi connectivity index (χ0) is 18.6. The molecule has 0 spiro atoms. The summed E-state index contributed by atoms with van der Waals surface area (Å²) in [5, 5.41) is 3.73. The van der Waals surface area contributed by atoms with Gasteiger partial charge in [0, 0.05) is 37.4 Å². The molecule has 3 heterocycles. The Morgan fingerprint density at radius 3 is 2.67 bits per heavy atom. The number of hydrogen-bond acceptors (Lipinski definition) is 5. The third kappa shape index (κ3) is 4.24. The number of hydrazine groups is 1. The molecule has 7 heteroatoms. The number of pyridine rings is 1. The van der Waals surface area contributed by atoms with Crippen molar-refractivity contribution in [3.8, 4) is 0 Å². The van der Waals surface area contributed by atoms with E-state index >= 15 is 0 Å². The van der Waals surface area contributed by atoms with Crippen LogP contribution in [-0.4, -0.2) is 30.5 Å². The Kier molecular flexibility index (Phi) is 5.57. The first-order chi connectivity index (χ1) is 13.2. The molecular formula is C20H24ClN5O. The van der Waals surface area contributed by atoms with Gasteiger partial charge in [0.05, 0.1) is 12.0 Å². The van der Waals surface area contributed by atoms with Crippen LogP contribution in [-0.2, 0) is 11.3 Å². The second-order valence-corrected chi connectivity index (χ2v) is 7.53. The van der Waals surface area contributed by atoms with E-state index < -0.39 is 0 Å². The van der Waals surface area contributed by atoms with E-state index in [-0.39, 0.29) is 17.9 Å². The molecule has 2 saturated heterocycles. The van der Waals surface area contributed by atoms with Gasteiger partial charge in [0.1, 0.15) is 5.82 Å². The second kappa shape index (κ2) is 8.25. The first-order valence-corrected chi connectivity index (χ1v) is 9.80. The number of amides is 1. The fourth-order valence-corrected chi connectivity index (χ4v) is 3.83. The van der Waals surface area contributed by atoms with E-state index in [1.165, 1.54) is 12.8 Å². The number of carbonyl (C=O) groups is 1. The molecule has 1 amide bonds. The molecule has 6 nitrogen and oxygen atoms in total. The predicted octanol–water partition coefficient (Wildman–Crippen LogP) is 2.42. The normalized spacial score (nSPS) is 22.2. The van der Waals surface area contributed by atoms with Crippen molar-refractivity contribution in [2.24, 2.45) is 5.92 Å². The fourth-order valence-electron chi connectivity index (χ4n) is 3.70. The topological polar surface area (TPSA) is 69.3 Å². The standard InChI is InChI=1S/C20H24ClN5O/c21-16-6-4-15(5-7-16)19-17(13-24-25-19)20(27)23-12-14-3-8-18(22-11-14)26-9-1-2-10-26/h3-8,11,17,19,24-25H,1-2,9-10,12-13H2,(H,23,27). The van der Waals surface area contributed by atoms with Gasteiger partial charge in [-0.05, 0) is 42.2 Å². The van der Waals surface area contributed by atoms with Gasteiger partial charge in [0.15, 0.2) is 0 Å². The summed E-state index contributed by atoms with van der Waals surface area (Å²) in [4.78, 5) is 19.5. The molecule has 2 aromatic rings. The molecule has 2 aliphatic heterocycles. The first-order valence-electron chi connectivity index (χ1n) is 9.42. The van der Waals surface area contributed by atoms with E-state index in [9.17, 15) is 4.79 Å². The van der Waals surface area contributed by atoms with Crippen molar-refractivity contribution in [1.82, 2.24) is 21.2 Å². The highest BCUT2D eigenvalue weighted by Gasteiger charge is 2.33. The number of hydrogen-bond donors (Lipinski definition) is 3. The molecule has 27 heavy (non-hydrogen) atoms. The number of nitrogens with zero attached hydrogens (tertiary/aromatic N) is 2. The Morgan fingerprint density at radius 1 is 1.19 bits per heavy atom. The molecule has 2 aliphatic rings. The van der Waals surface area contributed by atoms with E-state index in [1.54, 1.807) is 0 Å². The highest BCUT2D eigenvalue weighted by molar-refractivity contribution is 6.30. The molecule has 1 aromatic carbocycles. The first kappa shape index (κ1) is 18.2. The Balaban J connectivity index is 1.35. The van der Waals surface area contributed by atoms with Crippen LogP contribution in [0.2, 0.25) is 5.02 Å². The summed E-state index contributed by atoms with van der Waals surface area (Å²) in [6, 6.07) is 11.6. The number of rotatable bonds is 5. The maximum atomic E-state index is 12.7. The molecule has 2 unspecified atom stereocenters. The average molecular weight is 386 g/mol. The van der Waals surface area contributed by atoms with Crippen LogP contribution in [0.4, 0.5) is 5.82 Å². The molecule has 142 valence electrons. The maximum absolute atomic E-state index is 12.7. The quantitative estimate of drug-likeness (QED) is 0.737. The van der Waals surface area contributed by atoms with Crippen LogP contribution >= 0.6 is 11.6 Å². The lowest BCUT2D eigenvalue weighted by Gasteiger charge is -2.19. The van der Waals surface area contributed by atoms with Gasteiger partial charge in [-0.2, -0.15) is 0 Å². The highest BCUT2D eigenvalue weighted by Crippen LogP contribution is 2.26. The number of carbonyl (C=O) groups excluding carboxylic acids is 1. The van der Waals surface area contributed by atoms with Crippen molar-refractivity contribution in [2.75, 3.05) is 24.5 Å². The van der Waals surface area contributed by atoms with Crippen molar-refractivity contribution in [3.05, 3.63) is 58.7 Å². The van der Waals surface area contributed by atoms with Gasteiger partial charge < -0.3 is 10.2 Å². The van der Waals surface area contributed by atoms with E-state index in [4.69, 9.17) is 11.6 Å².